The highest BCUT2D eigenvalue weighted by molar-refractivity contribution is 5.96. The normalized spacial score (nSPS) is 22.0. The molecule has 0 atom stereocenters. The molecular weight excluding hydrogens is 405 g/mol. The van der Waals surface area contributed by atoms with E-state index in [9.17, 15) is 18.8 Å². The molecule has 2 fully saturated rings. The molecule has 3 N–H and O–H groups in total. The van der Waals surface area contributed by atoms with E-state index in [-0.39, 0.29) is 24.4 Å². The van der Waals surface area contributed by atoms with Gasteiger partial charge >= 0.3 is 5.76 Å². The molecular formula is C21H26FN5O4. The highest BCUT2D eigenvalue weighted by Crippen LogP contribution is 2.34. The summed E-state index contributed by atoms with van der Waals surface area (Å²) in [6.45, 7) is 0.820. The molecule has 0 unspecified atom stereocenters. The zero-order valence-electron chi connectivity index (χ0n) is 17.1. The second-order valence-corrected chi connectivity index (χ2v) is 8.22. The molecule has 1 saturated carbocycles. The molecule has 2 amide bonds. The molecule has 0 radical (unpaired) electrons. The van der Waals surface area contributed by atoms with Crippen molar-refractivity contribution in [2.24, 2.45) is 0 Å². The van der Waals surface area contributed by atoms with E-state index in [2.05, 4.69) is 30.2 Å². The number of amides is 2. The Labute approximate surface area is 178 Å². The minimum absolute atomic E-state index is 0.0730. The number of carbonyl (C=O) groups is 2. The van der Waals surface area contributed by atoms with Gasteiger partial charge in [0, 0.05) is 30.6 Å². The quantitative estimate of drug-likeness (QED) is 0.604. The molecule has 10 heteroatoms. The number of carbonyl (C=O) groups excluding carboxylic acids is 2. The molecule has 4 rings (SSSR count). The van der Waals surface area contributed by atoms with Crippen molar-refractivity contribution >= 4 is 11.8 Å². The molecule has 1 aromatic heterocycles. The zero-order chi connectivity index (χ0) is 21.8. The smallest absolute Gasteiger partial charge is 0.349 e. The Morgan fingerprint density at radius 2 is 2.00 bits per heavy atom. The first-order chi connectivity index (χ1) is 15.0. The van der Waals surface area contributed by atoms with Crippen LogP contribution in [0.2, 0.25) is 0 Å². The standard InChI is InChI=1S/C21H26FN5O4/c22-9-13-2-1-3-15(8-13)20(29)23-10-18(28)24-16-11-27(12-16)17-6-4-14(5-7-17)19-25-21(30)31-26-19/h1-3,8,14,16-17H,4-7,9-12H2,(H,23,29)(H,24,28)(H,25,26,30). The third kappa shape index (κ3) is 5.19. The van der Waals surface area contributed by atoms with Gasteiger partial charge in [0.15, 0.2) is 5.82 Å². The molecule has 1 aromatic carbocycles. The molecule has 2 aromatic rings. The average Bonchev–Trinajstić information content (AvgIpc) is 3.20. The van der Waals surface area contributed by atoms with E-state index in [0.717, 1.165) is 38.8 Å². The van der Waals surface area contributed by atoms with Gasteiger partial charge in [0.1, 0.15) is 6.67 Å². The molecule has 31 heavy (non-hydrogen) atoms. The van der Waals surface area contributed by atoms with E-state index in [1.165, 1.54) is 6.07 Å². The van der Waals surface area contributed by atoms with Gasteiger partial charge in [-0.2, -0.15) is 0 Å². The van der Waals surface area contributed by atoms with Crippen LogP contribution in [0, 0.1) is 0 Å². The maximum absolute atomic E-state index is 12.7. The predicted molar refractivity (Wildman–Crippen MR) is 109 cm³/mol. The molecule has 0 spiro atoms. The number of hydrogen-bond donors (Lipinski definition) is 3. The van der Waals surface area contributed by atoms with Crippen molar-refractivity contribution in [3.63, 3.8) is 0 Å². The van der Waals surface area contributed by atoms with Crippen LogP contribution in [0.15, 0.2) is 33.6 Å². The summed E-state index contributed by atoms with van der Waals surface area (Å²) in [5.74, 6) is -0.281. The molecule has 9 nitrogen and oxygen atoms in total. The van der Waals surface area contributed by atoms with Gasteiger partial charge in [-0.15, -0.1) is 0 Å². The van der Waals surface area contributed by atoms with E-state index in [0.29, 0.717) is 23.0 Å². The monoisotopic (exact) mass is 431 g/mol. The fraction of sp³-hybridized carbons (Fsp3) is 0.524. The summed E-state index contributed by atoms with van der Waals surface area (Å²) in [6, 6.07) is 6.82. The van der Waals surface area contributed by atoms with Crippen molar-refractivity contribution in [3.05, 3.63) is 51.8 Å². The minimum Gasteiger partial charge on any atom is -0.349 e. The third-order valence-electron chi connectivity index (χ3n) is 6.08. The largest absolute Gasteiger partial charge is 0.438 e. The summed E-state index contributed by atoms with van der Waals surface area (Å²) < 4.78 is 17.3. The van der Waals surface area contributed by atoms with Crippen LogP contribution in [0.3, 0.4) is 0 Å². The van der Waals surface area contributed by atoms with E-state index in [4.69, 9.17) is 0 Å². The molecule has 2 aliphatic rings. The van der Waals surface area contributed by atoms with E-state index in [1.54, 1.807) is 18.2 Å². The molecule has 1 aliphatic carbocycles. The summed E-state index contributed by atoms with van der Waals surface area (Å²) in [7, 11) is 0. The van der Waals surface area contributed by atoms with E-state index >= 15 is 0 Å². The number of rotatable bonds is 7. The van der Waals surface area contributed by atoms with Gasteiger partial charge in [0.25, 0.3) is 5.91 Å². The van der Waals surface area contributed by atoms with Crippen LogP contribution in [0.4, 0.5) is 4.39 Å². The Hall–Kier alpha value is -3.01. The van der Waals surface area contributed by atoms with Crippen LogP contribution in [0.25, 0.3) is 0 Å². The Morgan fingerprint density at radius 1 is 1.23 bits per heavy atom. The van der Waals surface area contributed by atoms with Crippen LogP contribution >= 0.6 is 0 Å². The Kier molecular flexibility index (Phi) is 6.45. The topological polar surface area (TPSA) is 120 Å². The van der Waals surface area contributed by atoms with Gasteiger partial charge in [-0.25, -0.2) is 9.18 Å². The number of nitrogens with zero attached hydrogens (tertiary/aromatic N) is 2. The summed E-state index contributed by atoms with van der Waals surface area (Å²) in [6.07, 6.45) is 3.90. The molecule has 166 valence electrons. The van der Waals surface area contributed by atoms with Crippen LogP contribution in [-0.4, -0.2) is 58.6 Å². The molecule has 2 heterocycles. The molecule has 0 bridgehead atoms. The number of likely N-dealkylation sites (tertiary alicyclic amines) is 1. The lowest BCUT2D eigenvalue weighted by Crippen LogP contribution is -2.63. The fourth-order valence-electron chi connectivity index (χ4n) is 4.37. The second-order valence-electron chi connectivity index (χ2n) is 8.22. The SMILES string of the molecule is O=C(CNC(=O)c1cccc(CF)c1)NC1CN(C2CCC(c3noc(=O)[nH]3)CC2)C1. The van der Waals surface area contributed by atoms with Gasteiger partial charge in [-0.05, 0) is 43.4 Å². The van der Waals surface area contributed by atoms with E-state index in [1.807, 2.05) is 0 Å². The van der Waals surface area contributed by atoms with Crippen molar-refractivity contribution in [3.8, 4) is 0 Å². The number of nitrogens with one attached hydrogen (secondary N) is 3. The number of halogens is 1. The minimum atomic E-state index is -0.638. The summed E-state index contributed by atoms with van der Waals surface area (Å²) >= 11 is 0. The van der Waals surface area contributed by atoms with Crippen LogP contribution in [0.5, 0.6) is 0 Å². The first-order valence-corrected chi connectivity index (χ1v) is 10.5. The number of alkyl halides is 1. The van der Waals surface area contributed by atoms with Gasteiger partial charge in [0.05, 0.1) is 12.6 Å². The first kappa shape index (κ1) is 21.2. The number of benzene rings is 1. The van der Waals surface area contributed by atoms with Gasteiger partial charge < -0.3 is 10.6 Å². The highest BCUT2D eigenvalue weighted by Gasteiger charge is 2.36. The lowest BCUT2D eigenvalue weighted by molar-refractivity contribution is -0.122. The van der Waals surface area contributed by atoms with Crippen LogP contribution < -0.4 is 16.4 Å². The third-order valence-corrected chi connectivity index (χ3v) is 6.08. The van der Waals surface area contributed by atoms with Crippen LogP contribution in [-0.2, 0) is 11.5 Å². The number of aromatic nitrogens is 2. The zero-order valence-corrected chi connectivity index (χ0v) is 17.1. The highest BCUT2D eigenvalue weighted by atomic mass is 19.1. The van der Waals surface area contributed by atoms with Gasteiger partial charge in [-0.1, -0.05) is 17.3 Å². The number of hydrogen-bond acceptors (Lipinski definition) is 6. The number of H-pyrrole nitrogens is 1. The lowest BCUT2D eigenvalue weighted by atomic mass is 9.83. The van der Waals surface area contributed by atoms with Crippen molar-refractivity contribution in [2.45, 2.75) is 50.4 Å². The van der Waals surface area contributed by atoms with Crippen LogP contribution in [0.1, 0.15) is 53.3 Å². The maximum Gasteiger partial charge on any atom is 0.438 e. The predicted octanol–water partition coefficient (Wildman–Crippen LogP) is 1.09. The lowest BCUT2D eigenvalue weighted by Gasteiger charge is -2.46. The van der Waals surface area contributed by atoms with Crippen molar-refractivity contribution in [2.75, 3.05) is 19.6 Å². The number of aromatic amines is 1. The first-order valence-electron chi connectivity index (χ1n) is 10.5. The molecule has 1 aliphatic heterocycles. The van der Waals surface area contributed by atoms with Gasteiger partial charge in [-0.3, -0.25) is 24.0 Å². The van der Waals surface area contributed by atoms with Crippen molar-refractivity contribution < 1.29 is 18.5 Å². The Balaban J connectivity index is 1.14. The fourth-order valence-corrected chi connectivity index (χ4v) is 4.37. The van der Waals surface area contributed by atoms with Crippen molar-refractivity contribution in [1.82, 2.24) is 25.7 Å². The Bertz CT molecular complexity index is 976. The van der Waals surface area contributed by atoms with E-state index < -0.39 is 18.3 Å². The molecule has 1 saturated heterocycles. The summed E-state index contributed by atoms with van der Waals surface area (Å²) in [4.78, 5) is 40.4. The van der Waals surface area contributed by atoms with Crippen molar-refractivity contribution in [1.29, 1.82) is 0 Å². The summed E-state index contributed by atoms with van der Waals surface area (Å²) in [5, 5.41) is 9.30. The summed E-state index contributed by atoms with van der Waals surface area (Å²) in [5.41, 5.74) is 0.762. The Morgan fingerprint density at radius 3 is 2.68 bits per heavy atom. The average molecular weight is 431 g/mol. The maximum atomic E-state index is 12.7. The second kappa shape index (κ2) is 9.42. The van der Waals surface area contributed by atoms with Gasteiger partial charge in [0.2, 0.25) is 5.91 Å².